The number of rotatable bonds is 7. The van der Waals surface area contributed by atoms with Crippen LogP contribution in [0.3, 0.4) is 0 Å². The predicted molar refractivity (Wildman–Crippen MR) is 101 cm³/mol. The zero-order valence-corrected chi connectivity index (χ0v) is 16.6. The van der Waals surface area contributed by atoms with Gasteiger partial charge in [-0.05, 0) is 44.5 Å². The molecule has 160 valence electrons. The molecule has 1 saturated heterocycles. The lowest BCUT2D eigenvalue weighted by molar-refractivity contribution is -0.134. The van der Waals surface area contributed by atoms with Gasteiger partial charge in [0.2, 0.25) is 5.91 Å². The first-order valence-electron chi connectivity index (χ1n) is 9.12. The Kier molecular flexibility index (Phi) is 5.77. The van der Waals surface area contributed by atoms with Crippen molar-refractivity contribution < 1.29 is 32.3 Å². The molecule has 30 heavy (non-hydrogen) atoms. The summed E-state index contributed by atoms with van der Waals surface area (Å²) in [5.74, 6) is 0.0143. The van der Waals surface area contributed by atoms with Crippen molar-refractivity contribution in [1.29, 1.82) is 0 Å². The largest absolute Gasteiger partial charge is 0.466 e. The maximum absolute atomic E-state index is 12.9. The van der Waals surface area contributed by atoms with E-state index in [4.69, 9.17) is 4.42 Å². The molecule has 1 unspecified atom stereocenters. The van der Waals surface area contributed by atoms with Gasteiger partial charge in [0.1, 0.15) is 29.4 Å². The molecule has 0 radical (unpaired) electrons. The molecule has 1 aliphatic heterocycles. The van der Waals surface area contributed by atoms with Gasteiger partial charge in [0.25, 0.3) is 5.91 Å². The molecule has 1 fully saturated rings. The lowest BCUT2D eigenvalue weighted by atomic mass is 9.92. The number of urea groups is 1. The van der Waals surface area contributed by atoms with E-state index >= 15 is 0 Å². The van der Waals surface area contributed by atoms with E-state index in [9.17, 15) is 23.2 Å². The van der Waals surface area contributed by atoms with E-state index in [0.29, 0.717) is 22.6 Å². The van der Waals surface area contributed by atoms with E-state index in [1.54, 1.807) is 26.8 Å². The molecule has 1 aromatic carbocycles. The van der Waals surface area contributed by atoms with Crippen LogP contribution in [0.15, 0.2) is 34.7 Å². The number of halogens is 2. The van der Waals surface area contributed by atoms with Crippen molar-refractivity contribution in [2.24, 2.45) is 0 Å². The fraction of sp³-hybridized carbons (Fsp3) is 0.350. The molecule has 2 heterocycles. The highest BCUT2D eigenvalue weighted by molar-refractivity contribution is 6.09. The number of alkyl halides is 2. The third-order valence-corrected chi connectivity index (χ3v) is 4.79. The standard InChI is InChI=1S/C20H21F2N3O5/c1-11-8-15(12(2)29-11)20(3)17(27)25(19(28)24-20)10-16(26)23-9-13-4-6-14(7-5-13)30-18(21)22/h4-8,18H,9-10H2,1-3H3,(H,23,26)(H,24,28). The number of hydrogen-bond acceptors (Lipinski definition) is 5. The first-order valence-corrected chi connectivity index (χ1v) is 9.12. The summed E-state index contributed by atoms with van der Waals surface area (Å²) in [4.78, 5) is 38.3. The average molecular weight is 421 g/mol. The predicted octanol–water partition coefficient (Wildman–Crippen LogP) is 2.58. The number of ether oxygens (including phenoxy) is 1. The highest BCUT2D eigenvalue weighted by Gasteiger charge is 2.51. The number of benzene rings is 1. The summed E-state index contributed by atoms with van der Waals surface area (Å²) in [5.41, 5.74) is -0.149. The molecule has 0 aliphatic carbocycles. The molecule has 0 spiro atoms. The van der Waals surface area contributed by atoms with E-state index in [2.05, 4.69) is 15.4 Å². The fourth-order valence-corrected chi connectivity index (χ4v) is 3.34. The number of hydrogen-bond donors (Lipinski definition) is 2. The summed E-state index contributed by atoms with van der Waals surface area (Å²) in [6, 6.07) is 6.75. The zero-order valence-electron chi connectivity index (χ0n) is 16.6. The van der Waals surface area contributed by atoms with Gasteiger partial charge in [-0.2, -0.15) is 8.78 Å². The first-order chi connectivity index (χ1) is 14.1. The molecule has 2 aromatic rings. The van der Waals surface area contributed by atoms with E-state index in [-0.39, 0.29) is 12.3 Å². The van der Waals surface area contributed by atoms with Crippen LogP contribution in [0, 0.1) is 13.8 Å². The van der Waals surface area contributed by atoms with Gasteiger partial charge in [0, 0.05) is 12.1 Å². The first kappa shape index (κ1) is 21.3. The molecule has 10 heteroatoms. The van der Waals surface area contributed by atoms with Crippen LogP contribution < -0.4 is 15.4 Å². The number of aryl methyl sites for hydroxylation is 2. The minimum atomic E-state index is -2.92. The Morgan fingerprint density at radius 3 is 2.50 bits per heavy atom. The SMILES string of the molecule is Cc1cc(C2(C)NC(=O)N(CC(=O)NCc3ccc(OC(F)F)cc3)C2=O)c(C)o1. The Bertz CT molecular complexity index is 973. The minimum Gasteiger partial charge on any atom is -0.466 e. The fourth-order valence-electron chi connectivity index (χ4n) is 3.34. The van der Waals surface area contributed by atoms with E-state index in [1.165, 1.54) is 24.3 Å². The Balaban J connectivity index is 1.60. The van der Waals surface area contributed by atoms with Gasteiger partial charge in [0.05, 0.1) is 0 Å². The minimum absolute atomic E-state index is 0.00322. The van der Waals surface area contributed by atoms with Gasteiger partial charge in [-0.1, -0.05) is 12.1 Å². The van der Waals surface area contributed by atoms with Gasteiger partial charge < -0.3 is 19.8 Å². The Morgan fingerprint density at radius 1 is 1.27 bits per heavy atom. The van der Waals surface area contributed by atoms with Gasteiger partial charge in [-0.3, -0.25) is 14.5 Å². The van der Waals surface area contributed by atoms with Crippen LogP contribution in [0.4, 0.5) is 13.6 Å². The van der Waals surface area contributed by atoms with Gasteiger partial charge in [-0.25, -0.2) is 4.79 Å². The monoisotopic (exact) mass is 421 g/mol. The smallest absolute Gasteiger partial charge is 0.387 e. The summed E-state index contributed by atoms with van der Waals surface area (Å²) in [5, 5.41) is 5.21. The van der Waals surface area contributed by atoms with Gasteiger partial charge in [0.15, 0.2) is 0 Å². The maximum atomic E-state index is 12.9. The van der Waals surface area contributed by atoms with Gasteiger partial charge >= 0.3 is 12.6 Å². The lowest BCUT2D eigenvalue weighted by Crippen LogP contribution is -2.43. The van der Waals surface area contributed by atoms with Crippen LogP contribution in [-0.4, -0.2) is 35.9 Å². The van der Waals surface area contributed by atoms with Crippen molar-refractivity contribution in [3.63, 3.8) is 0 Å². The molecule has 8 nitrogen and oxygen atoms in total. The van der Waals surface area contributed by atoms with Crippen molar-refractivity contribution in [3.8, 4) is 5.75 Å². The summed E-state index contributed by atoms with van der Waals surface area (Å²) >= 11 is 0. The number of amides is 4. The quantitative estimate of drug-likeness (QED) is 0.670. The third-order valence-electron chi connectivity index (χ3n) is 4.79. The van der Waals surface area contributed by atoms with Crippen molar-refractivity contribution >= 4 is 17.8 Å². The summed E-state index contributed by atoms with van der Waals surface area (Å²) < 4.78 is 34.1. The summed E-state index contributed by atoms with van der Waals surface area (Å²) in [6.07, 6.45) is 0. The molecular formula is C20H21F2N3O5. The molecule has 1 aliphatic rings. The zero-order chi connectivity index (χ0) is 22.1. The molecule has 0 saturated carbocycles. The lowest BCUT2D eigenvalue weighted by Gasteiger charge is -2.21. The van der Waals surface area contributed by atoms with Crippen molar-refractivity contribution in [3.05, 3.63) is 53.0 Å². The van der Waals surface area contributed by atoms with Crippen molar-refractivity contribution in [2.45, 2.75) is 39.5 Å². The number of carbonyl (C=O) groups is 3. The average Bonchev–Trinajstić information content (AvgIpc) is 3.12. The number of imide groups is 1. The second-order valence-electron chi connectivity index (χ2n) is 7.07. The molecule has 1 aromatic heterocycles. The van der Waals surface area contributed by atoms with Crippen molar-refractivity contribution in [1.82, 2.24) is 15.5 Å². The molecule has 1 atom stereocenters. The highest BCUT2D eigenvalue weighted by atomic mass is 19.3. The highest BCUT2D eigenvalue weighted by Crippen LogP contribution is 2.32. The maximum Gasteiger partial charge on any atom is 0.387 e. The topological polar surface area (TPSA) is 101 Å². The Hall–Kier alpha value is -3.43. The molecule has 2 N–H and O–H groups in total. The van der Waals surface area contributed by atoms with E-state index in [0.717, 1.165) is 4.90 Å². The normalized spacial score (nSPS) is 18.7. The summed E-state index contributed by atoms with van der Waals surface area (Å²) in [7, 11) is 0. The summed E-state index contributed by atoms with van der Waals surface area (Å²) in [6.45, 7) is 1.71. The van der Waals surface area contributed by atoms with Crippen LogP contribution in [0.5, 0.6) is 5.75 Å². The van der Waals surface area contributed by atoms with Crippen LogP contribution in [0.1, 0.15) is 29.6 Å². The van der Waals surface area contributed by atoms with E-state index < -0.39 is 36.5 Å². The van der Waals surface area contributed by atoms with Crippen LogP contribution in [0.2, 0.25) is 0 Å². The van der Waals surface area contributed by atoms with E-state index in [1.807, 2.05) is 0 Å². The van der Waals surface area contributed by atoms with Crippen LogP contribution >= 0.6 is 0 Å². The number of furan rings is 1. The van der Waals surface area contributed by atoms with Crippen molar-refractivity contribution in [2.75, 3.05) is 6.54 Å². The molecule has 3 rings (SSSR count). The second-order valence-corrected chi connectivity index (χ2v) is 7.07. The molecule has 4 amide bonds. The van der Waals surface area contributed by atoms with Crippen LogP contribution in [-0.2, 0) is 21.7 Å². The number of nitrogens with one attached hydrogen (secondary N) is 2. The van der Waals surface area contributed by atoms with Gasteiger partial charge in [-0.15, -0.1) is 0 Å². The third kappa shape index (κ3) is 4.27. The number of carbonyl (C=O) groups excluding carboxylic acids is 3. The van der Waals surface area contributed by atoms with Crippen LogP contribution in [0.25, 0.3) is 0 Å². The number of nitrogens with zero attached hydrogens (tertiary/aromatic N) is 1. The molecular weight excluding hydrogens is 400 g/mol. The Morgan fingerprint density at radius 2 is 1.93 bits per heavy atom. The molecule has 0 bridgehead atoms. The Labute approximate surface area is 171 Å². The second kappa shape index (κ2) is 8.13.